The molecule has 1 N–H and O–H groups in total. The fourth-order valence-electron chi connectivity index (χ4n) is 2.68. The third kappa shape index (κ3) is 2.62. The highest BCUT2D eigenvalue weighted by atomic mass is 35.5. The summed E-state index contributed by atoms with van der Waals surface area (Å²) in [6, 6.07) is 0. The second-order valence-corrected chi connectivity index (χ2v) is 5.77. The van der Waals surface area contributed by atoms with Gasteiger partial charge in [0.1, 0.15) is 5.69 Å². The summed E-state index contributed by atoms with van der Waals surface area (Å²) >= 11 is 6.18. The lowest BCUT2D eigenvalue weighted by Gasteiger charge is -2.30. The van der Waals surface area contributed by atoms with E-state index in [1.807, 2.05) is 0 Å². The molecule has 1 aromatic rings. The zero-order valence-corrected chi connectivity index (χ0v) is 11.7. The van der Waals surface area contributed by atoms with Gasteiger partial charge in [0.2, 0.25) is 0 Å². The minimum absolute atomic E-state index is 0.0405. The van der Waals surface area contributed by atoms with E-state index in [0.717, 1.165) is 32.7 Å². The fourth-order valence-corrected chi connectivity index (χ4v) is 2.93. The fraction of sp³-hybridized carbons (Fsp3) is 0.692. The van der Waals surface area contributed by atoms with Gasteiger partial charge >= 0.3 is 0 Å². The van der Waals surface area contributed by atoms with Crippen molar-refractivity contribution in [2.45, 2.75) is 25.8 Å². The van der Waals surface area contributed by atoms with Crippen LogP contribution in [0.15, 0.2) is 11.0 Å². The van der Waals surface area contributed by atoms with Crippen LogP contribution < -0.4 is 15.8 Å². The van der Waals surface area contributed by atoms with Crippen LogP contribution in [-0.2, 0) is 6.54 Å². The van der Waals surface area contributed by atoms with Crippen molar-refractivity contribution in [2.75, 3.05) is 31.1 Å². The summed E-state index contributed by atoms with van der Waals surface area (Å²) in [5.74, 6) is 0.613. The molecule has 1 saturated heterocycles. The minimum Gasteiger partial charge on any atom is -0.363 e. The highest BCUT2D eigenvalue weighted by Gasteiger charge is 2.22. The van der Waals surface area contributed by atoms with Gasteiger partial charge in [-0.1, -0.05) is 18.0 Å². The summed E-state index contributed by atoms with van der Waals surface area (Å²) in [6.45, 7) is 4.15. The molecule has 0 atom stereocenters. The van der Waals surface area contributed by atoms with E-state index in [2.05, 4.69) is 15.3 Å². The maximum atomic E-state index is 12.5. The Labute approximate surface area is 117 Å². The van der Waals surface area contributed by atoms with Crippen LogP contribution in [-0.4, -0.2) is 36.0 Å². The number of rotatable bonds is 3. The molecule has 1 aliphatic heterocycles. The Balaban J connectivity index is 1.88. The zero-order valence-electron chi connectivity index (χ0n) is 10.9. The standard InChI is InChI=1S/C13H19ClN4O/c14-11-8-16-18(9-10-2-1-3-10)13(19)12(11)17-6-4-15-5-7-17/h8,10,15H,1-7,9H2. The Kier molecular flexibility index (Phi) is 3.75. The first-order chi connectivity index (χ1) is 9.25. The highest BCUT2D eigenvalue weighted by Crippen LogP contribution is 2.28. The van der Waals surface area contributed by atoms with Gasteiger partial charge in [-0.3, -0.25) is 4.79 Å². The largest absolute Gasteiger partial charge is 0.363 e. The molecule has 19 heavy (non-hydrogen) atoms. The summed E-state index contributed by atoms with van der Waals surface area (Å²) in [7, 11) is 0. The molecule has 104 valence electrons. The molecular formula is C13H19ClN4O. The van der Waals surface area contributed by atoms with Crippen molar-refractivity contribution >= 4 is 17.3 Å². The first-order valence-corrected chi connectivity index (χ1v) is 7.35. The number of hydrogen-bond donors (Lipinski definition) is 1. The minimum atomic E-state index is -0.0405. The molecule has 1 aliphatic carbocycles. The van der Waals surface area contributed by atoms with Crippen LogP contribution in [0.2, 0.25) is 5.02 Å². The normalized spacial score (nSPS) is 20.4. The number of anilines is 1. The first kappa shape index (κ1) is 12.9. The number of nitrogens with zero attached hydrogens (tertiary/aromatic N) is 3. The SMILES string of the molecule is O=c1c(N2CCNCC2)c(Cl)cnn1CC1CCC1. The first-order valence-electron chi connectivity index (χ1n) is 6.97. The van der Waals surface area contributed by atoms with Gasteiger partial charge in [-0.05, 0) is 18.8 Å². The second kappa shape index (κ2) is 5.51. The monoisotopic (exact) mass is 282 g/mol. The molecule has 3 rings (SSSR count). The van der Waals surface area contributed by atoms with Gasteiger partial charge in [0.15, 0.2) is 0 Å². The van der Waals surface area contributed by atoms with Gasteiger partial charge in [0.25, 0.3) is 5.56 Å². The highest BCUT2D eigenvalue weighted by molar-refractivity contribution is 6.33. The van der Waals surface area contributed by atoms with Crippen LogP contribution in [0.25, 0.3) is 0 Å². The number of hydrogen-bond acceptors (Lipinski definition) is 4. The van der Waals surface area contributed by atoms with Gasteiger partial charge < -0.3 is 10.2 Å². The van der Waals surface area contributed by atoms with Crippen LogP contribution in [0.4, 0.5) is 5.69 Å². The van der Waals surface area contributed by atoms with Crippen molar-refractivity contribution in [1.82, 2.24) is 15.1 Å². The average molecular weight is 283 g/mol. The van der Waals surface area contributed by atoms with Crippen molar-refractivity contribution in [3.63, 3.8) is 0 Å². The predicted molar refractivity (Wildman–Crippen MR) is 75.9 cm³/mol. The zero-order chi connectivity index (χ0) is 13.2. The summed E-state index contributed by atoms with van der Waals surface area (Å²) in [4.78, 5) is 14.6. The summed E-state index contributed by atoms with van der Waals surface area (Å²) < 4.78 is 1.59. The third-order valence-electron chi connectivity index (χ3n) is 4.06. The molecule has 2 heterocycles. The van der Waals surface area contributed by atoms with Crippen molar-refractivity contribution < 1.29 is 0 Å². The summed E-state index contributed by atoms with van der Waals surface area (Å²) in [5, 5.41) is 7.93. The molecule has 0 radical (unpaired) electrons. The predicted octanol–water partition coefficient (Wildman–Crippen LogP) is 1.11. The molecule has 0 bridgehead atoms. The molecule has 2 fully saturated rings. The maximum Gasteiger partial charge on any atom is 0.291 e. The molecule has 2 aliphatic rings. The summed E-state index contributed by atoms with van der Waals surface area (Å²) in [5.41, 5.74) is 0.582. The molecule has 0 amide bonds. The van der Waals surface area contributed by atoms with E-state index >= 15 is 0 Å². The molecule has 1 aromatic heterocycles. The smallest absolute Gasteiger partial charge is 0.291 e. The Morgan fingerprint density at radius 3 is 2.74 bits per heavy atom. The van der Waals surface area contributed by atoms with E-state index in [1.165, 1.54) is 19.3 Å². The van der Waals surface area contributed by atoms with Crippen LogP contribution in [0.5, 0.6) is 0 Å². The Morgan fingerprint density at radius 1 is 1.37 bits per heavy atom. The molecule has 0 unspecified atom stereocenters. The van der Waals surface area contributed by atoms with Crippen molar-refractivity contribution in [3.05, 3.63) is 21.6 Å². The maximum absolute atomic E-state index is 12.5. The quantitative estimate of drug-likeness (QED) is 0.902. The van der Waals surface area contributed by atoms with Crippen LogP contribution in [0, 0.1) is 5.92 Å². The molecule has 0 aromatic carbocycles. The van der Waals surface area contributed by atoms with Gasteiger partial charge in [-0.2, -0.15) is 5.10 Å². The Morgan fingerprint density at radius 2 is 2.11 bits per heavy atom. The molecule has 5 nitrogen and oxygen atoms in total. The molecule has 0 spiro atoms. The van der Waals surface area contributed by atoms with Crippen LogP contribution >= 0.6 is 11.6 Å². The molecule has 6 heteroatoms. The second-order valence-electron chi connectivity index (χ2n) is 5.36. The Bertz CT molecular complexity index is 506. The molecular weight excluding hydrogens is 264 g/mol. The van der Waals surface area contributed by atoms with Gasteiger partial charge in [-0.25, -0.2) is 4.68 Å². The lowest BCUT2D eigenvalue weighted by Crippen LogP contribution is -2.46. The topological polar surface area (TPSA) is 50.2 Å². The number of halogens is 1. The van der Waals surface area contributed by atoms with Gasteiger partial charge in [-0.15, -0.1) is 0 Å². The van der Waals surface area contributed by atoms with Gasteiger partial charge in [0, 0.05) is 32.7 Å². The van der Waals surface area contributed by atoms with Crippen molar-refractivity contribution in [1.29, 1.82) is 0 Å². The molecule has 1 saturated carbocycles. The van der Waals surface area contributed by atoms with Crippen LogP contribution in [0.3, 0.4) is 0 Å². The van der Waals surface area contributed by atoms with E-state index in [1.54, 1.807) is 10.9 Å². The van der Waals surface area contributed by atoms with E-state index < -0.39 is 0 Å². The number of aromatic nitrogens is 2. The van der Waals surface area contributed by atoms with Gasteiger partial charge in [0.05, 0.1) is 11.2 Å². The number of nitrogens with one attached hydrogen (secondary N) is 1. The van der Waals surface area contributed by atoms with Crippen LogP contribution in [0.1, 0.15) is 19.3 Å². The number of piperazine rings is 1. The van der Waals surface area contributed by atoms with E-state index in [9.17, 15) is 4.79 Å². The van der Waals surface area contributed by atoms with Crippen molar-refractivity contribution in [2.24, 2.45) is 5.92 Å². The van der Waals surface area contributed by atoms with Crippen molar-refractivity contribution in [3.8, 4) is 0 Å². The van der Waals surface area contributed by atoms with E-state index in [0.29, 0.717) is 16.6 Å². The third-order valence-corrected chi connectivity index (χ3v) is 4.34. The van der Waals surface area contributed by atoms with E-state index in [-0.39, 0.29) is 5.56 Å². The van der Waals surface area contributed by atoms with E-state index in [4.69, 9.17) is 11.6 Å². The lowest BCUT2D eigenvalue weighted by atomic mass is 9.85. The Hall–Kier alpha value is -1.07. The average Bonchev–Trinajstić information content (AvgIpc) is 2.37. The lowest BCUT2D eigenvalue weighted by molar-refractivity contribution is 0.261. The summed E-state index contributed by atoms with van der Waals surface area (Å²) in [6.07, 6.45) is 5.30.